The van der Waals surface area contributed by atoms with Crippen molar-refractivity contribution in [1.82, 2.24) is 0 Å². The van der Waals surface area contributed by atoms with E-state index < -0.39 is 21.8 Å². The molecule has 3 nitrogen and oxygen atoms in total. The second-order valence-electron chi connectivity index (χ2n) is 4.07. The van der Waals surface area contributed by atoms with E-state index in [9.17, 15) is 21.6 Å². The first kappa shape index (κ1) is 14.9. The van der Waals surface area contributed by atoms with Gasteiger partial charge in [-0.15, -0.1) is 11.3 Å². The SMILES string of the molecule is Cc1ccsc1S(=O)(=O)Nc1ccc(C(F)(F)F)cc1. The van der Waals surface area contributed by atoms with Crippen LogP contribution >= 0.6 is 11.3 Å². The molecule has 0 aliphatic carbocycles. The second-order valence-corrected chi connectivity index (χ2v) is 6.87. The molecule has 0 spiro atoms. The normalized spacial score (nSPS) is 12.4. The molecule has 8 heteroatoms. The molecule has 0 saturated carbocycles. The summed E-state index contributed by atoms with van der Waals surface area (Å²) in [6, 6.07) is 5.50. The molecule has 0 radical (unpaired) electrons. The van der Waals surface area contributed by atoms with E-state index in [1.165, 1.54) is 0 Å². The van der Waals surface area contributed by atoms with E-state index in [2.05, 4.69) is 4.72 Å². The predicted molar refractivity (Wildman–Crippen MR) is 71.3 cm³/mol. The van der Waals surface area contributed by atoms with Crippen LogP contribution in [-0.4, -0.2) is 8.42 Å². The Balaban J connectivity index is 2.25. The molecule has 20 heavy (non-hydrogen) atoms. The molecule has 1 heterocycles. The van der Waals surface area contributed by atoms with Crippen LogP contribution in [0.4, 0.5) is 18.9 Å². The predicted octanol–water partition coefficient (Wildman–Crippen LogP) is 3.88. The summed E-state index contributed by atoms with van der Waals surface area (Å²) in [5.41, 5.74) is -0.145. The van der Waals surface area contributed by atoms with Gasteiger partial charge in [0.1, 0.15) is 4.21 Å². The lowest BCUT2D eigenvalue weighted by Crippen LogP contribution is -2.13. The molecule has 1 aromatic carbocycles. The van der Waals surface area contributed by atoms with E-state index >= 15 is 0 Å². The van der Waals surface area contributed by atoms with Crippen LogP contribution in [0.25, 0.3) is 0 Å². The highest BCUT2D eigenvalue weighted by atomic mass is 32.2. The molecule has 0 saturated heterocycles. The van der Waals surface area contributed by atoms with Gasteiger partial charge in [0.15, 0.2) is 0 Å². The van der Waals surface area contributed by atoms with Crippen LogP contribution in [0, 0.1) is 6.92 Å². The zero-order chi connectivity index (χ0) is 15.0. The standard InChI is InChI=1S/C12H10F3NO2S2/c1-8-6-7-19-11(8)20(17,18)16-10-4-2-9(3-5-10)12(13,14)15/h2-7,16H,1H3. The first-order valence-corrected chi connectivity index (χ1v) is 7.80. The van der Waals surface area contributed by atoms with Crippen molar-refractivity contribution < 1.29 is 21.6 Å². The van der Waals surface area contributed by atoms with E-state index in [0.29, 0.717) is 5.56 Å². The molecule has 1 aromatic heterocycles. The molecule has 0 atom stereocenters. The summed E-state index contributed by atoms with van der Waals surface area (Å²) >= 11 is 1.05. The van der Waals surface area contributed by atoms with Crippen molar-refractivity contribution >= 4 is 27.0 Å². The van der Waals surface area contributed by atoms with E-state index in [-0.39, 0.29) is 9.90 Å². The summed E-state index contributed by atoms with van der Waals surface area (Å²) < 4.78 is 63.7. The van der Waals surface area contributed by atoms with Crippen molar-refractivity contribution in [3.05, 3.63) is 46.8 Å². The number of anilines is 1. The number of hydrogen-bond donors (Lipinski definition) is 1. The van der Waals surface area contributed by atoms with Crippen LogP contribution in [0.3, 0.4) is 0 Å². The zero-order valence-electron chi connectivity index (χ0n) is 10.2. The highest BCUT2D eigenvalue weighted by Crippen LogP contribution is 2.30. The van der Waals surface area contributed by atoms with Crippen LogP contribution < -0.4 is 4.72 Å². The van der Waals surface area contributed by atoms with Crippen molar-refractivity contribution in [2.75, 3.05) is 4.72 Å². The molecule has 0 bridgehead atoms. The summed E-state index contributed by atoms with van der Waals surface area (Å²) in [5, 5.41) is 1.64. The van der Waals surface area contributed by atoms with Crippen LogP contribution in [0.1, 0.15) is 11.1 Å². The van der Waals surface area contributed by atoms with E-state index in [1.54, 1.807) is 18.4 Å². The van der Waals surface area contributed by atoms with Gasteiger partial charge in [0.2, 0.25) is 0 Å². The minimum absolute atomic E-state index is 0.0887. The Labute approximate surface area is 118 Å². The van der Waals surface area contributed by atoms with Gasteiger partial charge in [-0.05, 0) is 48.2 Å². The Hall–Kier alpha value is -1.54. The molecule has 0 amide bonds. The third-order valence-corrected chi connectivity index (χ3v) is 5.59. The molecule has 0 aliphatic rings. The molecular formula is C12H10F3NO2S2. The van der Waals surface area contributed by atoms with Gasteiger partial charge >= 0.3 is 6.18 Å². The van der Waals surface area contributed by atoms with Crippen LogP contribution in [0.5, 0.6) is 0 Å². The van der Waals surface area contributed by atoms with Gasteiger partial charge in [-0.3, -0.25) is 4.72 Å². The third-order valence-electron chi connectivity index (χ3n) is 2.52. The quantitative estimate of drug-likeness (QED) is 0.932. The Morgan fingerprint density at radius 1 is 1.10 bits per heavy atom. The van der Waals surface area contributed by atoms with Gasteiger partial charge in [-0.1, -0.05) is 0 Å². The molecule has 2 aromatic rings. The van der Waals surface area contributed by atoms with Gasteiger partial charge < -0.3 is 0 Å². The minimum Gasteiger partial charge on any atom is -0.279 e. The van der Waals surface area contributed by atoms with Crippen molar-refractivity contribution in [3.8, 4) is 0 Å². The summed E-state index contributed by atoms with van der Waals surface area (Å²) in [4.78, 5) is 0. The van der Waals surface area contributed by atoms with Crippen molar-refractivity contribution in [2.24, 2.45) is 0 Å². The average Bonchev–Trinajstić information content (AvgIpc) is 2.75. The van der Waals surface area contributed by atoms with Gasteiger partial charge in [0.05, 0.1) is 5.56 Å². The number of sulfonamides is 1. The molecule has 0 aliphatic heterocycles. The van der Waals surface area contributed by atoms with Crippen molar-refractivity contribution in [1.29, 1.82) is 0 Å². The van der Waals surface area contributed by atoms with Gasteiger partial charge in [0.25, 0.3) is 10.0 Å². The number of aryl methyl sites for hydroxylation is 1. The van der Waals surface area contributed by atoms with Gasteiger partial charge in [0, 0.05) is 5.69 Å². The molecular weight excluding hydrogens is 311 g/mol. The molecule has 0 fully saturated rings. The van der Waals surface area contributed by atoms with Crippen molar-refractivity contribution in [2.45, 2.75) is 17.3 Å². The number of alkyl halides is 3. The Morgan fingerprint density at radius 2 is 1.70 bits per heavy atom. The summed E-state index contributed by atoms with van der Waals surface area (Å²) in [7, 11) is -3.76. The summed E-state index contributed by atoms with van der Waals surface area (Å²) in [6.45, 7) is 1.65. The fraction of sp³-hybridized carbons (Fsp3) is 0.167. The lowest BCUT2D eigenvalue weighted by atomic mass is 10.2. The zero-order valence-corrected chi connectivity index (χ0v) is 11.9. The molecule has 0 unspecified atom stereocenters. The topological polar surface area (TPSA) is 46.2 Å². The highest BCUT2D eigenvalue weighted by molar-refractivity contribution is 7.94. The molecule has 1 N–H and O–H groups in total. The molecule has 108 valence electrons. The highest BCUT2D eigenvalue weighted by Gasteiger charge is 2.30. The second kappa shape index (κ2) is 5.10. The number of hydrogen-bond acceptors (Lipinski definition) is 3. The van der Waals surface area contributed by atoms with E-state index in [4.69, 9.17) is 0 Å². The smallest absolute Gasteiger partial charge is 0.279 e. The number of thiophene rings is 1. The summed E-state index contributed by atoms with van der Waals surface area (Å²) in [6.07, 6.45) is -4.44. The first-order valence-electron chi connectivity index (χ1n) is 5.44. The first-order chi connectivity index (χ1) is 9.20. The van der Waals surface area contributed by atoms with Gasteiger partial charge in [-0.25, -0.2) is 8.42 Å². The Kier molecular flexibility index (Phi) is 3.79. The largest absolute Gasteiger partial charge is 0.416 e. The third kappa shape index (κ3) is 3.13. The summed E-state index contributed by atoms with van der Waals surface area (Å²) in [5.74, 6) is 0. The van der Waals surface area contributed by atoms with Crippen LogP contribution in [0.2, 0.25) is 0 Å². The monoisotopic (exact) mass is 321 g/mol. The van der Waals surface area contributed by atoms with Crippen LogP contribution in [0.15, 0.2) is 39.9 Å². The lowest BCUT2D eigenvalue weighted by molar-refractivity contribution is -0.137. The minimum atomic E-state index is -4.44. The number of halogens is 3. The maximum absolute atomic E-state index is 12.4. The number of nitrogens with one attached hydrogen (secondary N) is 1. The molecule has 2 rings (SSSR count). The maximum Gasteiger partial charge on any atom is 0.416 e. The maximum atomic E-state index is 12.4. The Bertz CT molecular complexity index is 703. The van der Waals surface area contributed by atoms with E-state index in [0.717, 1.165) is 35.6 Å². The fourth-order valence-corrected chi connectivity index (χ4v) is 4.04. The number of rotatable bonds is 3. The Morgan fingerprint density at radius 3 is 2.15 bits per heavy atom. The van der Waals surface area contributed by atoms with Gasteiger partial charge in [-0.2, -0.15) is 13.2 Å². The van der Waals surface area contributed by atoms with Crippen molar-refractivity contribution in [3.63, 3.8) is 0 Å². The van der Waals surface area contributed by atoms with Crippen LogP contribution in [-0.2, 0) is 16.2 Å². The lowest BCUT2D eigenvalue weighted by Gasteiger charge is -2.09. The number of benzene rings is 1. The average molecular weight is 321 g/mol. The fourth-order valence-electron chi connectivity index (χ4n) is 1.56. The van der Waals surface area contributed by atoms with E-state index in [1.807, 2.05) is 0 Å².